The molecule has 0 aliphatic carbocycles. The van der Waals surface area contributed by atoms with Crippen LogP contribution in [0.25, 0.3) is 0 Å². The fourth-order valence-corrected chi connectivity index (χ4v) is 1.84. The van der Waals surface area contributed by atoms with Gasteiger partial charge >= 0.3 is 11.7 Å². The Kier molecular flexibility index (Phi) is 4.26. The highest BCUT2D eigenvalue weighted by atomic mass is 127. The van der Waals surface area contributed by atoms with E-state index in [0.29, 0.717) is 0 Å². The standard InChI is InChI=1S/C8H5F2IN2O4/c1-17-8(14)4-2-3(11)6(13(15)16)5(12-4)7(9)10/h2,7H,1H3. The molecule has 0 spiro atoms. The van der Waals surface area contributed by atoms with E-state index in [-0.39, 0.29) is 3.57 Å². The maximum atomic E-state index is 12.6. The lowest BCUT2D eigenvalue weighted by Gasteiger charge is -2.05. The average molecular weight is 358 g/mol. The topological polar surface area (TPSA) is 82.3 Å². The number of esters is 1. The second-order valence-electron chi connectivity index (χ2n) is 2.77. The molecule has 0 fully saturated rings. The molecule has 0 N–H and O–H groups in total. The minimum atomic E-state index is -3.14. The fraction of sp³-hybridized carbons (Fsp3) is 0.250. The van der Waals surface area contributed by atoms with E-state index in [1.807, 2.05) is 0 Å². The first kappa shape index (κ1) is 13.7. The van der Waals surface area contributed by atoms with Gasteiger partial charge in [-0.05, 0) is 28.7 Å². The van der Waals surface area contributed by atoms with Crippen LogP contribution < -0.4 is 0 Å². The predicted octanol–water partition coefficient (Wildman–Crippen LogP) is 2.32. The third kappa shape index (κ3) is 2.84. The molecular formula is C8H5F2IN2O4. The molecule has 0 aliphatic rings. The zero-order valence-corrected chi connectivity index (χ0v) is 10.5. The van der Waals surface area contributed by atoms with Gasteiger partial charge in [0, 0.05) is 0 Å². The number of carbonyl (C=O) groups is 1. The molecule has 0 saturated carbocycles. The van der Waals surface area contributed by atoms with E-state index < -0.39 is 34.4 Å². The van der Waals surface area contributed by atoms with Gasteiger partial charge in [-0.15, -0.1) is 0 Å². The zero-order valence-electron chi connectivity index (χ0n) is 8.32. The van der Waals surface area contributed by atoms with Gasteiger partial charge in [0.1, 0.15) is 0 Å². The van der Waals surface area contributed by atoms with Crippen molar-refractivity contribution in [2.45, 2.75) is 6.43 Å². The Hall–Kier alpha value is -1.39. The fourth-order valence-electron chi connectivity index (χ4n) is 1.07. The number of nitrogens with zero attached hydrogens (tertiary/aromatic N) is 2. The highest BCUT2D eigenvalue weighted by Gasteiger charge is 2.29. The van der Waals surface area contributed by atoms with Gasteiger partial charge in [0.05, 0.1) is 15.6 Å². The molecule has 17 heavy (non-hydrogen) atoms. The number of nitro groups is 1. The normalized spacial score (nSPS) is 10.4. The molecule has 0 amide bonds. The Balaban J connectivity index is 3.46. The van der Waals surface area contributed by atoms with Gasteiger partial charge in [-0.1, -0.05) is 0 Å². The molecule has 0 aromatic carbocycles. The molecule has 9 heteroatoms. The van der Waals surface area contributed by atoms with Gasteiger partial charge in [-0.25, -0.2) is 18.6 Å². The summed E-state index contributed by atoms with van der Waals surface area (Å²) in [6.07, 6.45) is -3.14. The molecule has 0 aliphatic heterocycles. The lowest BCUT2D eigenvalue weighted by atomic mass is 10.2. The molecule has 1 heterocycles. The van der Waals surface area contributed by atoms with Gasteiger partial charge in [0.2, 0.25) is 0 Å². The van der Waals surface area contributed by atoms with Crippen molar-refractivity contribution in [2.75, 3.05) is 7.11 Å². The summed E-state index contributed by atoms with van der Waals surface area (Å²) in [4.78, 5) is 24.0. The SMILES string of the molecule is COC(=O)c1cc(I)c([N+](=O)[O-])c(C(F)F)n1. The maximum absolute atomic E-state index is 12.6. The van der Waals surface area contributed by atoms with E-state index in [1.165, 1.54) is 22.6 Å². The Morgan fingerprint density at radius 3 is 2.65 bits per heavy atom. The summed E-state index contributed by atoms with van der Waals surface area (Å²) in [5, 5.41) is 10.6. The van der Waals surface area contributed by atoms with Crippen molar-refractivity contribution in [3.05, 3.63) is 31.1 Å². The Labute approximate surface area is 107 Å². The van der Waals surface area contributed by atoms with Crippen LogP contribution in [0.5, 0.6) is 0 Å². The summed E-state index contributed by atoms with van der Waals surface area (Å²) < 4.78 is 29.4. The molecule has 92 valence electrons. The lowest BCUT2D eigenvalue weighted by molar-refractivity contribution is -0.387. The number of pyridine rings is 1. The number of hydrogen-bond donors (Lipinski definition) is 0. The number of alkyl halides is 2. The van der Waals surface area contributed by atoms with Gasteiger partial charge in [-0.2, -0.15) is 0 Å². The first-order chi connectivity index (χ1) is 7.88. The number of hydrogen-bond acceptors (Lipinski definition) is 5. The van der Waals surface area contributed by atoms with Gasteiger partial charge in [0.15, 0.2) is 11.4 Å². The second kappa shape index (κ2) is 5.29. The largest absolute Gasteiger partial charge is 0.464 e. The molecule has 0 radical (unpaired) electrons. The van der Waals surface area contributed by atoms with Crippen molar-refractivity contribution in [1.29, 1.82) is 0 Å². The van der Waals surface area contributed by atoms with Crippen LogP contribution in [0.15, 0.2) is 6.07 Å². The quantitative estimate of drug-likeness (QED) is 0.359. The average Bonchev–Trinajstić information content (AvgIpc) is 2.26. The Morgan fingerprint density at radius 2 is 2.24 bits per heavy atom. The molecule has 1 rings (SSSR count). The van der Waals surface area contributed by atoms with Gasteiger partial charge in [0.25, 0.3) is 6.43 Å². The zero-order chi connectivity index (χ0) is 13.2. The van der Waals surface area contributed by atoms with Crippen molar-refractivity contribution < 1.29 is 23.2 Å². The van der Waals surface area contributed by atoms with Gasteiger partial charge < -0.3 is 4.74 Å². The highest BCUT2D eigenvalue weighted by Crippen LogP contribution is 2.31. The molecule has 0 saturated heterocycles. The molecule has 0 bridgehead atoms. The van der Waals surface area contributed by atoms with Crippen LogP contribution in [0, 0.1) is 13.7 Å². The van der Waals surface area contributed by atoms with Crippen molar-refractivity contribution in [2.24, 2.45) is 0 Å². The van der Waals surface area contributed by atoms with Crippen molar-refractivity contribution >= 4 is 34.2 Å². The number of ether oxygens (including phenoxy) is 1. The summed E-state index contributed by atoms with van der Waals surface area (Å²) in [6.45, 7) is 0. The summed E-state index contributed by atoms with van der Waals surface area (Å²) in [5.41, 5.74) is -2.23. The molecule has 0 atom stereocenters. The molecule has 6 nitrogen and oxygen atoms in total. The number of halogens is 3. The first-order valence-corrected chi connectivity index (χ1v) is 5.17. The van der Waals surface area contributed by atoms with Crippen LogP contribution in [-0.2, 0) is 4.74 Å². The summed E-state index contributed by atoms with van der Waals surface area (Å²) in [6, 6.07) is 1.02. The third-order valence-electron chi connectivity index (χ3n) is 1.76. The van der Waals surface area contributed by atoms with Crippen molar-refractivity contribution in [3.8, 4) is 0 Å². The predicted molar refractivity (Wildman–Crippen MR) is 59.9 cm³/mol. The second-order valence-corrected chi connectivity index (χ2v) is 3.93. The van der Waals surface area contributed by atoms with Crippen LogP contribution in [0.1, 0.15) is 22.6 Å². The minimum Gasteiger partial charge on any atom is -0.464 e. The van der Waals surface area contributed by atoms with Crippen LogP contribution in [0.4, 0.5) is 14.5 Å². The first-order valence-electron chi connectivity index (χ1n) is 4.09. The third-order valence-corrected chi connectivity index (χ3v) is 2.58. The molecule has 0 unspecified atom stereocenters. The van der Waals surface area contributed by atoms with Crippen LogP contribution in [0.2, 0.25) is 0 Å². The maximum Gasteiger partial charge on any atom is 0.356 e. The number of rotatable bonds is 3. The number of methoxy groups -OCH3 is 1. The van der Waals surface area contributed by atoms with E-state index in [2.05, 4.69) is 9.72 Å². The molecular weight excluding hydrogens is 353 g/mol. The van der Waals surface area contributed by atoms with E-state index in [1.54, 1.807) is 0 Å². The van der Waals surface area contributed by atoms with E-state index in [0.717, 1.165) is 13.2 Å². The monoisotopic (exact) mass is 358 g/mol. The minimum absolute atomic E-state index is 0.0988. The van der Waals surface area contributed by atoms with E-state index in [4.69, 9.17) is 0 Å². The Morgan fingerprint density at radius 1 is 1.65 bits per heavy atom. The summed E-state index contributed by atoms with van der Waals surface area (Å²) in [7, 11) is 1.06. The summed E-state index contributed by atoms with van der Waals surface area (Å²) >= 11 is 1.49. The number of carbonyl (C=O) groups excluding carboxylic acids is 1. The van der Waals surface area contributed by atoms with Crippen molar-refractivity contribution in [1.82, 2.24) is 4.98 Å². The van der Waals surface area contributed by atoms with Crippen LogP contribution in [-0.4, -0.2) is 23.0 Å². The number of aromatic nitrogens is 1. The summed E-state index contributed by atoms with van der Waals surface area (Å²) in [5.74, 6) is -0.931. The van der Waals surface area contributed by atoms with E-state index >= 15 is 0 Å². The smallest absolute Gasteiger partial charge is 0.356 e. The molecule has 1 aromatic heterocycles. The van der Waals surface area contributed by atoms with E-state index in [9.17, 15) is 23.7 Å². The van der Waals surface area contributed by atoms with Gasteiger partial charge in [-0.3, -0.25) is 10.1 Å². The lowest BCUT2D eigenvalue weighted by Crippen LogP contribution is -2.10. The highest BCUT2D eigenvalue weighted by molar-refractivity contribution is 14.1. The van der Waals surface area contributed by atoms with Crippen LogP contribution >= 0.6 is 22.6 Å². The molecule has 1 aromatic rings. The Bertz CT molecular complexity index is 481. The van der Waals surface area contributed by atoms with Crippen molar-refractivity contribution in [3.63, 3.8) is 0 Å². The van der Waals surface area contributed by atoms with Crippen LogP contribution in [0.3, 0.4) is 0 Å².